The Morgan fingerprint density at radius 1 is 1.17 bits per heavy atom. The van der Waals surface area contributed by atoms with Gasteiger partial charge in [0.25, 0.3) is 0 Å². The molecule has 1 aliphatic rings. The SMILES string of the molecule is CC(OC(=O)Cc1ccc2c(c1)Oc1ccccc1CO2)C(=O)O. The maximum absolute atomic E-state index is 11.8. The zero-order valence-electron chi connectivity index (χ0n) is 13.0. The van der Waals surface area contributed by atoms with Crippen molar-refractivity contribution in [2.45, 2.75) is 26.1 Å². The van der Waals surface area contributed by atoms with Crippen LogP contribution in [0.25, 0.3) is 0 Å². The van der Waals surface area contributed by atoms with Gasteiger partial charge in [-0.1, -0.05) is 24.3 Å². The Morgan fingerprint density at radius 2 is 1.96 bits per heavy atom. The van der Waals surface area contributed by atoms with Crippen LogP contribution >= 0.6 is 0 Å². The molecule has 3 rings (SSSR count). The van der Waals surface area contributed by atoms with Gasteiger partial charge in [0.1, 0.15) is 12.4 Å². The van der Waals surface area contributed by atoms with E-state index in [1.807, 2.05) is 24.3 Å². The molecule has 2 aromatic rings. The van der Waals surface area contributed by atoms with Crippen molar-refractivity contribution in [3.8, 4) is 17.2 Å². The molecule has 0 aromatic heterocycles. The van der Waals surface area contributed by atoms with Gasteiger partial charge in [-0.25, -0.2) is 4.79 Å². The Balaban J connectivity index is 1.76. The third-order valence-electron chi connectivity index (χ3n) is 3.59. The molecule has 1 unspecified atom stereocenters. The summed E-state index contributed by atoms with van der Waals surface area (Å²) in [5.41, 5.74) is 1.59. The Kier molecular flexibility index (Phi) is 4.37. The van der Waals surface area contributed by atoms with E-state index < -0.39 is 18.0 Å². The number of hydrogen-bond donors (Lipinski definition) is 1. The molecule has 0 aliphatic carbocycles. The lowest BCUT2D eigenvalue weighted by molar-refractivity contribution is -0.162. The third-order valence-corrected chi connectivity index (χ3v) is 3.59. The molecule has 1 heterocycles. The lowest BCUT2D eigenvalue weighted by Crippen LogP contribution is -2.24. The first kappa shape index (κ1) is 15.9. The summed E-state index contributed by atoms with van der Waals surface area (Å²) in [6.45, 7) is 1.71. The molecule has 6 nitrogen and oxygen atoms in total. The lowest BCUT2D eigenvalue weighted by Gasteiger charge is -2.11. The maximum atomic E-state index is 11.8. The second-order valence-electron chi connectivity index (χ2n) is 5.43. The van der Waals surface area contributed by atoms with Crippen LogP contribution in [0, 0.1) is 0 Å². The molecule has 1 atom stereocenters. The van der Waals surface area contributed by atoms with Crippen LogP contribution in [0.5, 0.6) is 17.2 Å². The van der Waals surface area contributed by atoms with Crippen molar-refractivity contribution in [2.24, 2.45) is 0 Å². The van der Waals surface area contributed by atoms with E-state index in [9.17, 15) is 9.59 Å². The summed E-state index contributed by atoms with van der Waals surface area (Å²) in [7, 11) is 0. The molecule has 2 aromatic carbocycles. The summed E-state index contributed by atoms with van der Waals surface area (Å²) in [6.07, 6.45) is -1.22. The minimum absolute atomic E-state index is 0.0457. The summed E-state index contributed by atoms with van der Waals surface area (Å²) >= 11 is 0. The minimum atomic E-state index is -1.18. The van der Waals surface area contributed by atoms with Crippen LogP contribution in [0.4, 0.5) is 0 Å². The van der Waals surface area contributed by atoms with Crippen LogP contribution in [0.2, 0.25) is 0 Å². The molecule has 0 amide bonds. The smallest absolute Gasteiger partial charge is 0.344 e. The zero-order chi connectivity index (χ0) is 17.1. The third kappa shape index (κ3) is 3.48. The Labute approximate surface area is 138 Å². The second-order valence-corrected chi connectivity index (χ2v) is 5.43. The quantitative estimate of drug-likeness (QED) is 0.869. The summed E-state index contributed by atoms with van der Waals surface area (Å²) in [5, 5.41) is 8.77. The Bertz CT molecular complexity index is 783. The molecular weight excluding hydrogens is 312 g/mol. The van der Waals surface area contributed by atoms with Gasteiger partial charge in [-0.2, -0.15) is 0 Å². The largest absolute Gasteiger partial charge is 0.485 e. The average Bonchev–Trinajstić information content (AvgIpc) is 2.73. The van der Waals surface area contributed by atoms with Crippen molar-refractivity contribution in [3.63, 3.8) is 0 Å². The van der Waals surface area contributed by atoms with Gasteiger partial charge in [-0.15, -0.1) is 0 Å². The molecule has 6 heteroatoms. The first-order valence-corrected chi connectivity index (χ1v) is 7.46. The number of carbonyl (C=O) groups is 2. The molecular formula is C18H16O6. The van der Waals surface area contributed by atoms with Crippen molar-refractivity contribution in [3.05, 3.63) is 53.6 Å². The predicted octanol–water partition coefficient (Wildman–Crippen LogP) is 2.93. The minimum Gasteiger partial charge on any atom is -0.485 e. The number of carboxylic acids is 1. The van der Waals surface area contributed by atoms with Gasteiger partial charge in [0.2, 0.25) is 0 Å². The summed E-state index contributed by atoms with van der Waals surface area (Å²) in [6, 6.07) is 12.7. The maximum Gasteiger partial charge on any atom is 0.344 e. The van der Waals surface area contributed by atoms with E-state index in [1.54, 1.807) is 18.2 Å². The molecule has 0 fully saturated rings. The van der Waals surface area contributed by atoms with Crippen LogP contribution in [0.15, 0.2) is 42.5 Å². The molecule has 0 radical (unpaired) electrons. The highest BCUT2D eigenvalue weighted by atomic mass is 16.6. The fourth-order valence-electron chi connectivity index (χ4n) is 2.31. The van der Waals surface area contributed by atoms with Gasteiger partial charge >= 0.3 is 11.9 Å². The van der Waals surface area contributed by atoms with Crippen LogP contribution in [0.1, 0.15) is 18.1 Å². The summed E-state index contributed by atoms with van der Waals surface area (Å²) in [5.74, 6) is 0.00707. The van der Waals surface area contributed by atoms with Crippen LogP contribution < -0.4 is 9.47 Å². The summed E-state index contributed by atoms with van der Waals surface area (Å²) in [4.78, 5) is 22.5. The number of aliphatic carboxylic acids is 1. The highest BCUT2D eigenvalue weighted by Crippen LogP contribution is 2.37. The molecule has 0 bridgehead atoms. The molecule has 0 spiro atoms. The topological polar surface area (TPSA) is 82.1 Å². The Hall–Kier alpha value is -3.02. The number of carbonyl (C=O) groups excluding carboxylic acids is 1. The van der Waals surface area contributed by atoms with Crippen LogP contribution in [-0.4, -0.2) is 23.1 Å². The van der Waals surface area contributed by atoms with E-state index >= 15 is 0 Å². The highest BCUT2D eigenvalue weighted by molar-refractivity contribution is 5.79. The monoisotopic (exact) mass is 328 g/mol. The second kappa shape index (κ2) is 6.62. The fraction of sp³-hybridized carbons (Fsp3) is 0.222. The zero-order valence-corrected chi connectivity index (χ0v) is 13.0. The van der Waals surface area contributed by atoms with Crippen molar-refractivity contribution in [1.82, 2.24) is 0 Å². The number of fused-ring (bicyclic) bond motifs is 2. The molecule has 1 N–H and O–H groups in total. The predicted molar refractivity (Wildman–Crippen MR) is 84.2 cm³/mol. The lowest BCUT2D eigenvalue weighted by atomic mass is 10.1. The highest BCUT2D eigenvalue weighted by Gasteiger charge is 2.19. The number of esters is 1. The van der Waals surface area contributed by atoms with E-state index in [4.69, 9.17) is 19.3 Å². The number of hydrogen-bond acceptors (Lipinski definition) is 5. The van der Waals surface area contributed by atoms with E-state index in [-0.39, 0.29) is 6.42 Å². The van der Waals surface area contributed by atoms with Gasteiger partial charge in [0, 0.05) is 5.56 Å². The van der Waals surface area contributed by atoms with Crippen molar-refractivity contribution in [1.29, 1.82) is 0 Å². The van der Waals surface area contributed by atoms with Gasteiger partial charge in [0.05, 0.1) is 6.42 Å². The van der Waals surface area contributed by atoms with E-state index in [1.165, 1.54) is 6.92 Å². The number of carboxylic acid groups (broad SMARTS) is 1. The first-order chi connectivity index (χ1) is 11.5. The molecule has 24 heavy (non-hydrogen) atoms. The molecule has 0 saturated carbocycles. The van der Waals surface area contributed by atoms with Gasteiger partial charge in [0.15, 0.2) is 17.6 Å². The van der Waals surface area contributed by atoms with E-state index in [0.29, 0.717) is 29.4 Å². The number of para-hydroxylation sites is 1. The van der Waals surface area contributed by atoms with Crippen molar-refractivity contribution >= 4 is 11.9 Å². The van der Waals surface area contributed by atoms with Gasteiger partial charge < -0.3 is 19.3 Å². The van der Waals surface area contributed by atoms with Crippen molar-refractivity contribution in [2.75, 3.05) is 0 Å². The molecule has 0 saturated heterocycles. The van der Waals surface area contributed by atoms with Crippen molar-refractivity contribution < 1.29 is 28.9 Å². The molecule has 124 valence electrons. The molecule has 1 aliphatic heterocycles. The van der Waals surface area contributed by atoms with Gasteiger partial charge in [-0.3, -0.25) is 4.79 Å². The normalized spacial score (nSPS) is 13.4. The van der Waals surface area contributed by atoms with E-state index in [0.717, 1.165) is 5.56 Å². The van der Waals surface area contributed by atoms with Crippen LogP contribution in [-0.2, 0) is 27.4 Å². The Morgan fingerprint density at radius 3 is 2.75 bits per heavy atom. The van der Waals surface area contributed by atoms with E-state index in [2.05, 4.69) is 0 Å². The first-order valence-electron chi connectivity index (χ1n) is 7.46. The fourth-order valence-corrected chi connectivity index (χ4v) is 2.31. The number of ether oxygens (including phenoxy) is 3. The van der Waals surface area contributed by atoms with Crippen LogP contribution in [0.3, 0.4) is 0 Å². The summed E-state index contributed by atoms with van der Waals surface area (Å²) < 4.78 is 16.4. The number of rotatable bonds is 4. The standard InChI is InChI=1S/C18H16O6/c1-11(18(20)21)23-17(19)9-12-6-7-15-16(8-12)24-14-5-3-2-4-13(14)10-22-15/h2-8,11H,9-10H2,1H3,(H,20,21). The number of benzene rings is 2. The average molecular weight is 328 g/mol. The van der Waals surface area contributed by atoms with Gasteiger partial charge in [-0.05, 0) is 30.7 Å².